The summed E-state index contributed by atoms with van der Waals surface area (Å²) in [6, 6.07) is 13.5. The van der Waals surface area contributed by atoms with Crippen molar-refractivity contribution in [1.29, 1.82) is 0 Å². The van der Waals surface area contributed by atoms with Crippen molar-refractivity contribution in [3.05, 3.63) is 83.0 Å². The van der Waals surface area contributed by atoms with E-state index in [0.29, 0.717) is 18.8 Å². The summed E-state index contributed by atoms with van der Waals surface area (Å²) in [6.07, 6.45) is 3.49. The van der Waals surface area contributed by atoms with E-state index >= 15 is 0 Å². The highest BCUT2D eigenvalue weighted by Crippen LogP contribution is 2.16. The Balaban J connectivity index is 1.88. The fourth-order valence-electron chi connectivity index (χ4n) is 2.52. The van der Waals surface area contributed by atoms with Crippen molar-refractivity contribution in [3.8, 4) is 0 Å². The molecule has 3 aromatic rings. The van der Waals surface area contributed by atoms with Crippen molar-refractivity contribution < 1.29 is 9.32 Å². The minimum atomic E-state index is -0.178. The van der Waals surface area contributed by atoms with Gasteiger partial charge in [-0.2, -0.15) is 0 Å². The second kappa shape index (κ2) is 7.08. The number of pyridine rings is 1. The molecular formula is C19H19N3O2. The molecular weight excluding hydrogens is 302 g/mol. The summed E-state index contributed by atoms with van der Waals surface area (Å²) in [6.45, 7) is 4.80. The van der Waals surface area contributed by atoms with Gasteiger partial charge in [0.2, 0.25) is 5.76 Å². The van der Waals surface area contributed by atoms with Crippen LogP contribution in [0.4, 0.5) is 0 Å². The van der Waals surface area contributed by atoms with Crippen LogP contribution in [0.5, 0.6) is 0 Å². The lowest BCUT2D eigenvalue weighted by Gasteiger charge is -2.22. The Bertz CT molecular complexity index is 827. The van der Waals surface area contributed by atoms with Gasteiger partial charge in [0.25, 0.3) is 5.91 Å². The molecule has 0 aliphatic rings. The molecule has 0 fully saturated rings. The first kappa shape index (κ1) is 15.9. The normalized spacial score (nSPS) is 10.6. The molecule has 5 nitrogen and oxygen atoms in total. The van der Waals surface area contributed by atoms with Crippen LogP contribution in [0.1, 0.15) is 32.9 Å². The van der Waals surface area contributed by atoms with E-state index in [2.05, 4.69) is 10.1 Å². The van der Waals surface area contributed by atoms with Crippen LogP contribution in [-0.2, 0) is 13.1 Å². The fraction of sp³-hybridized carbons (Fsp3) is 0.211. The maximum atomic E-state index is 12.8. The van der Waals surface area contributed by atoms with Crippen molar-refractivity contribution in [1.82, 2.24) is 15.0 Å². The Kier molecular flexibility index (Phi) is 4.70. The summed E-state index contributed by atoms with van der Waals surface area (Å²) in [5.41, 5.74) is 3.91. The van der Waals surface area contributed by atoms with Crippen molar-refractivity contribution in [2.24, 2.45) is 0 Å². The second-order valence-electron chi connectivity index (χ2n) is 5.78. The van der Waals surface area contributed by atoms with E-state index in [1.807, 2.05) is 43.3 Å². The fourth-order valence-corrected chi connectivity index (χ4v) is 2.52. The smallest absolute Gasteiger partial charge is 0.293 e. The Morgan fingerprint density at radius 1 is 1.12 bits per heavy atom. The summed E-state index contributed by atoms with van der Waals surface area (Å²) >= 11 is 0. The van der Waals surface area contributed by atoms with Gasteiger partial charge in [-0.25, -0.2) is 0 Å². The average molecular weight is 321 g/mol. The number of hydrogen-bond donors (Lipinski definition) is 0. The lowest BCUT2D eigenvalue weighted by molar-refractivity contribution is 0.0687. The molecule has 1 amide bonds. The highest BCUT2D eigenvalue weighted by atomic mass is 16.5. The molecule has 0 unspecified atom stereocenters. The van der Waals surface area contributed by atoms with Crippen LogP contribution < -0.4 is 0 Å². The quantitative estimate of drug-likeness (QED) is 0.721. The molecule has 2 heterocycles. The van der Waals surface area contributed by atoms with Gasteiger partial charge < -0.3 is 9.42 Å². The molecule has 5 heteroatoms. The van der Waals surface area contributed by atoms with E-state index < -0.39 is 0 Å². The van der Waals surface area contributed by atoms with Gasteiger partial charge in [-0.05, 0) is 36.6 Å². The van der Waals surface area contributed by atoms with Crippen LogP contribution in [0.3, 0.4) is 0 Å². The minimum absolute atomic E-state index is 0.178. The molecule has 24 heavy (non-hydrogen) atoms. The van der Waals surface area contributed by atoms with Gasteiger partial charge >= 0.3 is 0 Å². The second-order valence-corrected chi connectivity index (χ2v) is 5.78. The predicted molar refractivity (Wildman–Crippen MR) is 90.2 cm³/mol. The highest BCUT2D eigenvalue weighted by Gasteiger charge is 2.21. The topological polar surface area (TPSA) is 59.2 Å². The van der Waals surface area contributed by atoms with Crippen molar-refractivity contribution in [2.75, 3.05) is 0 Å². The summed E-state index contributed by atoms with van der Waals surface area (Å²) < 4.78 is 5.16. The van der Waals surface area contributed by atoms with Gasteiger partial charge in [0.1, 0.15) is 0 Å². The molecule has 3 rings (SSSR count). The number of rotatable bonds is 5. The van der Waals surface area contributed by atoms with E-state index in [9.17, 15) is 4.79 Å². The third-order valence-corrected chi connectivity index (χ3v) is 3.84. The highest BCUT2D eigenvalue weighted by molar-refractivity contribution is 5.91. The number of aromatic nitrogens is 2. The number of benzene rings is 1. The van der Waals surface area contributed by atoms with Gasteiger partial charge in [-0.15, -0.1) is 0 Å². The Hall–Kier alpha value is -2.95. The van der Waals surface area contributed by atoms with Gasteiger partial charge in [0, 0.05) is 31.5 Å². The van der Waals surface area contributed by atoms with E-state index in [-0.39, 0.29) is 11.7 Å². The maximum absolute atomic E-state index is 12.8. The molecule has 0 saturated heterocycles. The molecule has 122 valence electrons. The third-order valence-electron chi connectivity index (χ3n) is 3.84. The Labute approximate surface area is 140 Å². The van der Waals surface area contributed by atoms with Crippen LogP contribution in [-0.4, -0.2) is 20.9 Å². The molecule has 0 saturated carbocycles. The van der Waals surface area contributed by atoms with E-state index in [1.54, 1.807) is 30.3 Å². The lowest BCUT2D eigenvalue weighted by atomic mass is 10.1. The molecule has 0 aliphatic heterocycles. The SMILES string of the molecule is Cc1cc(C(=O)N(Cc2cccnc2)Cc2ccccc2C)on1. The van der Waals surface area contributed by atoms with Crippen molar-refractivity contribution in [3.63, 3.8) is 0 Å². The molecule has 0 aliphatic carbocycles. The molecule has 0 bridgehead atoms. The zero-order chi connectivity index (χ0) is 16.9. The first-order chi connectivity index (χ1) is 11.6. The van der Waals surface area contributed by atoms with Gasteiger partial charge in [-0.3, -0.25) is 9.78 Å². The van der Waals surface area contributed by atoms with Crippen LogP contribution in [0.15, 0.2) is 59.4 Å². The summed E-state index contributed by atoms with van der Waals surface area (Å²) in [7, 11) is 0. The van der Waals surface area contributed by atoms with E-state index in [0.717, 1.165) is 16.7 Å². The predicted octanol–water partition coefficient (Wildman–Crippen LogP) is 3.53. The number of hydrogen-bond acceptors (Lipinski definition) is 4. The molecule has 0 N–H and O–H groups in total. The maximum Gasteiger partial charge on any atom is 0.293 e. The Morgan fingerprint density at radius 3 is 2.62 bits per heavy atom. The van der Waals surface area contributed by atoms with Crippen molar-refractivity contribution >= 4 is 5.91 Å². The van der Waals surface area contributed by atoms with E-state index in [4.69, 9.17) is 4.52 Å². The monoisotopic (exact) mass is 321 g/mol. The average Bonchev–Trinajstić information content (AvgIpc) is 3.03. The molecule has 2 aromatic heterocycles. The minimum Gasteiger partial charge on any atom is -0.351 e. The van der Waals surface area contributed by atoms with Crippen LogP contribution >= 0.6 is 0 Å². The van der Waals surface area contributed by atoms with Crippen LogP contribution in [0, 0.1) is 13.8 Å². The number of nitrogens with zero attached hydrogens (tertiary/aromatic N) is 3. The number of amides is 1. The first-order valence-corrected chi connectivity index (χ1v) is 7.79. The summed E-state index contributed by atoms with van der Waals surface area (Å²) in [4.78, 5) is 18.7. The molecule has 0 radical (unpaired) electrons. The first-order valence-electron chi connectivity index (χ1n) is 7.79. The number of aryl methyl sites for hydroxylation is 2. The largest absolute Gasteiger partial charge is 0.351 e. The molecule has 1 aromatic carbocycles. The lowest BCUT2D eigenvalue weighted by Crippen LogP contribution is -2.30. The van der Waals surface area contributed by atoms with Gasteiger partial charge in [0.05, 0.1) is 5.69 Å². The van der Waals surface area contributed by atoms with Crippen molar-refractivity contribution in [2.45, 2.75) is 26.9 Å². The number of carbonyl (C=O) groups is 1. The zero-order valence-corrected chi connectivity index (χ0v) is 13.8. The molecule has 0 atom stereocenters. The van der Waals surface area contributed by atoms with Gasteiger partial charge in [0.15, 0.2) is 0 Å². The Morgan fingerprint density at radius 2 is 1.96 bits per heavy atom. The third kappa shape index (κ3) is 3.68. The van der Waals surface area contributed by atoms with Crippen LogP contribution in [0.2, 0.25) is 0 Å². The van der Waals surface area contributed by atoms with Gasteiger partial charge in [-0.1, -0.05) is 35.5 Å². The summed E-state index contributed by atoms with van der Waals surface area (Å²) in [5.74, 6) is 0.0766. The van der Waals surface area contributed by atoms with Crippen LogP contribution in [0.25, 0.3) is 0 Å². The zero-order valence-electron chi connectivity index (χ0n) is 13.8. The van der Waals surface area contributed by atoms with E-state index in [1.165, 1.54) is 0 Å². The number of carbonyl (C=O) groups excluding carboxylic acids is 1. The standard InChI is InChI=1S/C19H19N3O2/c1-14-6-3-4-8-17(14)13-22(12-16-7-5-9-20-11-16)19(23)18-10-15(2)21-24-18/h3-11H,12-13H2,1-2H3. The molecule has 0 spiro atoms. The summed E-state index contributed by atoms with van der Waals surface area (Å²) in [5, 5.41) is 3.82.